The Morgan fingerprint density at radius 1 is 1.10 bits per heavy atom. The largest absolute Gasteiger partial charge is 0.378 e. The molecule has 2 aliphatic rings. The molecule has 0 spiro atoms. The Bertz CT molecular complexity index is 1050. The van der Waals surface area contributed by atoms with E-state index >= 15 is 0 Å². The molecule has 4 heterocycles. The van der Waals surface area contributed by atoms with Gasteiger partial charge in [0.2, 0.25) is 0 Å². The molecule has 5 rings (SSSR count). The van der Waals surface area contributed by atoms with Crippen LogP contribution in [0.2, 0.25) is 0 Å². The molecule has 7 nitrogen and oxygen atoms in total. The number of nitrogens with one attached hydrogen (secondary N) is 4. The Hall–Kier alpha value is -3.45. The molecule has 30 heavy (non-hydrogen) atoms. The minimum atomic E-state index is -0.440. The minimum absolute atomic E-state index is 0.440. The molecule has 0 radical (unpaired) electrons. The van der Waals surface area contributed by atoms with Crippen LogP contribution in [-0.2, 0) is 4.79 Å². The van der Waals surface area contributed by atoms with Crippen molar-refractivity contribution in [1.82, 2.24) is 25.8 Å². The van der Waals surface area contributed by atoms with E-state index in [4.69, 9.17) is 4.98 Å². The highest BCUT2D eigenvalue weighted by molar-refractivity contribution is 5.79. The molecule has 1 unspecified atom stereocenters. The van der Waals surface area contributed by atoms with Gasteiger partial charge in [-0.2, -0.15) is 5.10 Å². The first-order valence-electron chi connectivity index (χ1n) is 10.3. The zero-order valence-electron chi connectivity index (χ0n) is 16.6. The van der Waals surface area contributed by atoms with Crippen LogP contribution in [0, 0.1) is 0 Å². The van der Waals surface area contributed by atoms with Crippen molar-refractivity contribution in [1.29, 1.82) is 0 Å². The zero-order valence-corrected chi connectivity index (χ0v) is 16.6. The topological polar surface area (TPSA) is 94.7 Å². The van der Waals surface area contributed by atoms with Crippen LogP contribution in [0.3, 0.4) is 0 Å². The number of benzene rings is 1. The van der Waals surface area contributed by atoms with E-state index in [1.54, 1.807) is 12.4 Å². The number of pyridine rings is 1. The molecule has 7 heteroatoms. The first-order valence-corrected chi connectivity index (χ1v) is 10.3. The Morgan fingerprint density at radius 2 is 1.93 bits per heavy atom. The van der Waals surface area contributed by atoms with Crippen molar-refractivity contribution in [2.45, 2.75) is 24.8 Å². The molecule has 1 aromatic carbocycles. The molecule has 0 aliphatic carbocycles. The summed E-state index contributed by atoms with van der Waals surface area (Å²) in [4.78, 5) is 16.5. The number of hydrogen-bond acceptors (Lipinski definition) is 6. The first-order chi connectivity index (χ1) is 14.8. The van der Waals surface area contributed by atoms with Crippen LogP contribution in [0.1, 0.15) is 41.5 Å². The van der Waals surface area contributed by atoms with Gasteiger partial charge in [0.05, 0.1) is 11.4 Å². The normalized spacial score (nSPS) is 18.5. The molecule has 1 saturated heterocycles. The Morgan fingerprint density at radius 3 is 2.67 bits per heavy atom. The van der Waals surface area contributed by atoms with E-state index in [9.17, 15) is 4.79 Å². The lowest BCUT2D eigenvalue weighted by atomic mass is 9.90. The number of rotatable bonds is 5. The van der Waals surface area contributed by atoms with Crippen LogP contribution in [0.5, 0.6) is 0 Å². The lowest BCUT2D eigenvalue weighted by molar-refractivity contribution is -0.109. The van der Waals surface area contributed by atoms with E-state index in [1.165, 1.54) is 18.4 Å². The van der Waals surface area contributed by atoms with Crippen molar-refractivity contribution in [3.05, 3.63) is 65.5 Å². The number of H-pyrrole nitrogens is 1. The maximum atomic E-state index is 11.7. The van der Waals surface area contributed by atoms with E-state index < -0.39 is 6.04 Å². The van der Waals surface area contributed by atoms with E-state index in [0.29, 0.717) is 11.7 Å². The van der Waals surface area contributed by atoms with Crippen LogP contribution >= 0.6 is 0 Å². The summed E-state index contributed by atoms with van der Waals surface area (Å²) in [5.74, 6) is 1.28. The van der Waals surface area contributed by atoms with Crippen LogP contribution in [0.15, 0.2) is 48.8 Å². The van der Waals surface area contributed by atoms with Gasteiger partial charge in [0.1, 0.15) is 18.1 Å². The summed E-state index contributed by atoms with van der Waals surface area (Å²) in [6.45, 7) is 2.16. The number of aldehydes is 1. The number of nitrogens with zero attached hydrogens (tertiary/aromatic N) is 2. The first kappa shape index (κ1) is 18.6. The third-order valence-electron chi connectivity index (χ3n) is 5.84. The number of carbonyl (C=O) groups is 1. The van der Waals surface area contributed by atoms with Crippen molar-refractivity contribution in [2.75, 3.05) is 18.4 Å². The summed E-state index contributed by atoms with van der Waals surface area (Å²) < 4.78 is 0. The Kier molecular flexibility index (Phi) is 5.03. The number of aromatic amines is 1. The molecule has 152 valence electrons. The van der Waals surface area contributed by atoms with Gasteiger partial charge in [0.15, 0.2) is 0 Å². The second-order valence-corrected chi connectivity index (χ2v) is 7.71. The molecule has 1 atom stereocenters. The summed E-state index contributed by atoms with van der Waals surface area (Å²) in [5.41, 5.74) is 5.73. The second kappa shape index (κ2) is 8.12. The van der Waals surface area contributed by atoms with Crippen molar-refractivity contribution in [2.24, 2.45) is 0 Å². The quantitative estimate of drug-likeness (QED) is 0.490. The fourth-order valence-electron chi connectivity index (χ4n) is 4.23. The van der Waals surface area contributed by atoms with E-state index in [-0.39, 0.29) is 0 Å². The van der Waals surface area contributed by atoms with E-state index in [0.717, 1.165) is 47.6 Å². The molecule has 0 bridgehead atoms. The molecule has 2 aliphatic heterocycles. The van der Waals surface area contributed by atoms with Gasteiger partial charge < -0.3 is 20.7 Å². The van der Waals surface area contributed by atoms with E-state index in [1.807, 2.05) is 18.2 Å². The lowest BCUT2D eigenvalue weighted by Gasteiger charge is -2.24. The number of anilines is 2. The molecule has 0 saturated carbocycles. The monoisotopic (exact) mass is 400 g/mol. The molecule has 3 aromatic rings. The van der Waals surface area contributed by atoms with Crippen molar-refractivity contribution >= 4 is 23.9 Å². The maximum absolute atomic E-state index is 11.7. The molecule has 1 fully saturated rings. The summed E-state index contributed by atoms with van der Waals surface area (Å²) in [5, 5.41) is 17.0. The molecular formula is C23H24N6O. The molecular weight excluding hydrogens is 376 g/mol. The fourth-order valence-corrected chi connectivity index (χ4v) is 4.23. The molecule has 2 aromatic heterocycles. The zero-order chi connectivity index (χ0) is 20.3. The Balaban J connectivity index is 1.49. The maximum Gasteiger partial charge on any atom is 0.146 e. The van der Waals surface area contributed by atoms with Crippen molar-refractivity contribution < 1.29 is 4.79 Å². The molecule has 0 amide bonds. The highest BCUT2D eigenvalue weighted by Gasteiger charge is 2.23. The summed E-state index contributed by atoms with van der Waals surface area (Å²) in [6, 6.07) is 12.0. The highest BCUT2D eigenvalue weighted by atomic mass is 16.1. The average molecular weight is 400 g/mol. The van der Waals surface area contributed by atoms with Crippen molar-refractivity contribution in [3.63, 3.8) is 0 Å². The van der Waals surface area contributed by atoms with Crippen LogP contribution < -0.4 is 16.0 Å². The van der Waals surface area contributed by atoms with Gasteiger partial charge in [-0.25, -0.2) is 4.98 Å². The second-order valence-electron chi connectivity index (χ2n) is 7.71. The van der Waals surface area contributed by atoms with Gasteiger partial charge in [-0.3, -0.25) is 5.10 Å². The fraction of sp³-hybridized carbons (Fsp3) is 0.261. The number of piperidine rings is 1. The van der Waals surface area contributed by atoms with Crippen molar-refractivity contribution in [3.8, 4) is 11.4 Å². The number of hydrogen-bond donors (Lipinski definition) is 4. The predicted molar refractivity (Wildman–Crippen MR) is 117 cm³/mol. The minimum Gasteiger partial charge on any atom is -0.378 e. The third kappa shape index (κ3) is 3.59. The third-order valence-corrected chi connectivity index (χ3v) is 5.84. The molecule has 4 N–H and O–H groups in total. The van der Waals surface area contributed by atoms with Crippen LogP contribution in [0.25, 0.3) is 17.5 Å². The smallest absolute Gasteiger partial charge is 0.146 e. The number of carbonyl (C=O) groups excluding carboxylic acids is 1. The highest BCUT2D eigenvalue weighted by Crippen LogP contribution is 2.34. The van der Waals surface area contributed by atoms with E-state index in [2.05, 4.69) is 50.4 Å². The lowest BCUT2D eigenvalue weighted by Crippen LogP contribution is -2.26. The number of aromatic nitrogens is 3. The summed E-state index contributed by atoms with van der Waals surface area (Å²) in [7, 11) is 0. The van der Waals surface area contributed by atoms with Gasteiger partial charge in [0, 0.05) is 17.4 Å². The van der Waals surface area contributed by atoms with Crippen LogP contribution in [0.4, 0.5) is 11.5 Å². The number of fused-ring (bicyclic) bond motifs is 1. The standard InChI is InChI=1S/C23H24N6O/c30-14-21-22-17(7-11-25-21)13-20(19-8-12-26-29-19)28-23(22)27-18-3-1-15(2-4-18)16-5-9-24-10-6-16/h1-4,7-8,11-14,16,21,24-25H,5-6,9-10H2,(H,26,29)(H,27,28). The van der Waals surface area contributed by atoms with Gasteiger partial charge in [-0.1, -0.05) is 12.1 Å². The van der Waals surface area contributed by atoms with Crippen LogP contribution in [-0.4, -0.2) is 34.6 Å². The SMILES string of the molecule is O=CC1NC=Cc2cc(-c3ccn[nH]3)nc(Nc3ccc(C4CCNCC4)cc3)c21. The Labute approximate surface area is 175 Å². The predicted octanol–water partition coefficient (Wildman–Crippen LogP) is 3.50. The summed E-state index contributed by atoms with van der Waals surface area (Å²) in [6.07, 6.45) is 8.72. The van der Waals surface area contributed by atoms with Gasteiger partial charge in [-0.05, 0) is 79.5 Å². The van der Waals surface area contributed by atoms with Gasteiger partial charge >= 0.3 is 0 Å². The average Bonchev–Trinajstić information content (AvgIpc) is 3.35. The summed E-state index contributed by atoms with van der Waals surface area (Å²) >= 11 is 0. The van der Waals surface area contributed by atoms with Gasteiger partial charge in [-0.15, -0.1) is 0 Å². The van der Waals surface area contributed by atoms with Gasteiger partial charge in [0.25, 0.3) is 0 Å².